The molecule has 0 fully saturated rings. The maximum absolute atomic E-state index is 11.0. The average Bonchev–Trinajstić information content (AvgIpc) is 3.23. The van der Waals surface area contributed by atoms with Gasteiger partial charge in [0.25, 0.3) is 0 Å². The smallest absolute Gasteiger partial charge is 0.358 e. The highest BCUT2D eigenvalue weighted by Gasteiger charge is 2.16. The van der Waals surface area contributed by atoms with Crippen molar-refractivity contribution in [2.24, 2.45) is 0 Å². The number of ether oxygens (including phenoxy) is 2. The lowest BCUT2D eigenvalue weighted by atomic mass is 10.3. The van der Waals surface area contributed by atoms with E-state index in [9.17, 15) is 4.79 Å². The fourth-order valence-electron chi connectivity index (χ4n) is 2.01. The number of methoxy groups -OCH3 is 1. The number of aromatic amines is 1. The molecule has 3 rings (SSSR count). The van der Waals surface area contributed by atoms with Crippen LogP contribution in [0.3, 0.4) is 0 Å². The van der Waals surface area contributed by atoms with E-state index in [1.807, 2.05) is 12.3 Å². The summed E-state index contributed by atoms with van der Waals surface area (Å²) >= 11 is 11.5. The van der Waals surface area contributed by atoms with Gasteiger partial charge in [0.15, 0.2) is 5.69 Å². The molecule has 0 bridgehead atoms. The van der Waals surface area contributed by atoms with Crippen molar-refractivity contribution < 1.29 is 14.3 Å². The van der Waals surface area contributed by atoms with Crippen LogP contribution in [0.25, 0.3) is 6.20 Å². The third-order valence-electron chi connectivity index (χ3n) is 3.08. The minimum absolute atomic E-state index is 0.205. The van der Waals surface area contributed by atoms with Crippen LogP contribution in [0, 0.1) is 0 Å². The zero-order valence-corrected chi connectivity index (χ0v) is 15.3. The molecule has 2 N–H and O–H groups in total. The number of H-pyrrole nitrogens is 1. The van der Waals surface area contributed by atoms with Crippen molar-refractivity contribution in [1.82, 2.24) is 25.3 Å². The SMILES string of the molecule is CCOC(=O)c1cc(CCl)[nH]n1.COCc1cc2n(n1)C=CNC2Cl. The molecule has 0 saturated heterocycles. The molecule has 10 heteroatoms. The lowest BCUT2D eigenvalue weighted by Gasteiger charge is -2.14. The van der Waals surface area contributed by atoms with Gasteiger partial charge in [-0.05, 0) is 19.1 Å². The van der Waals surface area contributed by atoms with Gasteiger partial charge < -0.3 is 14.8 Å². The summed E-state index contributed by atoms with van der Waals surface area (Å²) in [6.07, 6.45) is 3.60. The minimum atomic E-state index is -0.426. The molecule has 2 aromatic heterocycles. The zero-order valence-electron chi connectivity index (χ0n) is 13.8. The average molecular weight is 388 g/mol. The Bertz CT molecular complexity index is 729. The fraction of sp³-hybridized carbons (Fsp3) is 0.400. The van der Waals surface area contributed by atoms with E-state index in [4.69, 9.17) is 32.7 Å². The van der Waals surface area contributed by atoms with Gasteiger partial charge in [-0.2, -0.15) is 10.2 Å². The molecule has 25 heavy (non-hydrogen) atoms. The van der Waals surface area contributed by atoms with Crippen LogP contribution in [0.2, 0.25) is 0 Å². The summed E-state index contributed by atoms with van der Waals surface area (Å²) in [4.78, 5) is 11.0. The molecule has 1 aliphatic heterocycles. The number of fused-ring (bicyclic) bond motifs is 1. The molecule has 1 atom stereocenters. The van der Waals surface area contributed by atoms with Gasteiger partial charge in [0.1, 0.15) is 5.50 Å². The standard InChI is InChI=1S/C8H10ClN3O.C7H9ClN2O2/c1-13-5-6-4-7-8(9)10-2-3-12(7)11-6;1-2-12-7(11)6-3-5(4-8)9-10-6/h2-4,8,10H,5H2,1H3;3H,2,4H2,1H3,(H,9,10). The number of rotatable bonds is 5. The number of nitrogens with one attached hydrogen (secondary N) is 2. The van der Waals surface area contributed by atoms with Gasteiger partial charge in [0.05, 0.1) is 36.2 Å². The summed E-state index contributed by atoms with van der Waals surface area (Å²) in [6, 6.07) is 3.50. The first-order valence-electron chi connectivity index (χ1n) is 7.50. The van der Waals surface area contributed by atoms with Crippen LogP contribution < -0.4 is 5.32 Å². The third-order valence-corrected chi connectivity index (χ3v) is 3.72. The second-order valence-electron chi connectivity index (χ2n) is 4.92. The van der Waals surface area contributed by atoms with Gasteiger partial charge in [-0.15, -0.1) is 11.6 Å². The highest BCUT2D eigenvalue weighted by Crippen LogP contribution is 2.21. The van der Waals surface area contributed by atoms with E-state index in [1.54, 1.807) is 31.0 Å². The summed E-state index contributed by atoms with van der Waals surface area (Å²) in [5.74, 6) is -0.114. The van der Waals surface area contributed by atoms with Crippen molar-refractivity contribution in [3.63, 3.8) is 0 Å². The summed E-state index contributed by atoms with van der Waals surface area (Å²) in [7, 11) is 1.64. The Kier molecular flexibility index (Phi) is 7.30. The number of nitrogens with zero attached hydrogens (tertiary/aromatic N) is 3. The predicted octanol–water partition coefficient (Wildman–Crippen LogP) is 2.62. The summed E-state index contributed by atoms with van der Waals surface area (Å²) < 4.78 is 11.5. The van der Waals surface area contributed by atoms with E-state index >= 15 is 0 Å². The molecule has 0 spiro atoms. The van der Waals surface area contributed by atoms with E-state index in [2.05, 4.69) is 20.6 Å². The number of hydrogen-bond donors (Lipinski definition) is 2. The Hall–Kier alpha value is -2.03. The van der Waals surface area contributed by atoms with Crippen LogP contribution >= 0.6 is 23.2 Å². The zero-order chi connectivity index (χ0) is 18.2. The predicted molar refractivity (Wildman–Crippen MR) is 94.1 cm³/mol. The second kappa shape index (κ2) is 9.45. The van der Waals surface area contributed by atoms with Gasteiger partial charge in [-0.25, -0.2) is 9.48 Å². The highest BCUT2D eigenvalue weighted by atomic mass is 35.5. The largest absolute Gasteiger partial charge is 0.461 e. The van der Waals surface area contributed by atoms with Crippen molar-refractivity contribution in [1.29, 1.82) is 0 Å². The van der Waals surface area contributed by atoms with Gasteiger partial charge >= 0.3 is 5.97 Å². The molecule has 136 valence electrons. The van der Waals surface area contributed by atoms with Crippen LogP contribution in [-0.4, -0.2) is 39.7 Å². The van der Waals surface area contributed by atoms with E-state index in [-0.39, 0.29) is 11.2 Å². The topological polar surface area (TPSA) is 94.1 Å². The van der Waals surface area contributed by atoms with Crippen molar-refractivity contribution in [2.75, 3.05) is 13.7 Å². The highest BCUT2D eigenvalue weighted by molar-refractivity contribution is 6.20. The quantitative estimate of drug-likeness (QED) is 0.465. The molecular formula is C15H19Cl2N5O3. The molecule has 3 heterocycles. The molecule has 8 nitrogen and oxygen atoms in total. The number of carbonyl (C=O) groups is 1. The van der Waals surface area contributed by atoms with Gasteiger partial charge in [-0.3, -0.25) is 5.10 Å². The van der Waals surface area contributed by atoms with Gasteiger partial charge in [0, 0.05) is 19.5 Å². The lowest BCUT2D eigenvalue weighted by Crippen LogP contribution is -2.17. The lowest BCUT2D eigenvalue weighted by molar-refractivity contribution is 0.0519. The van der Waals surface area contributed by atoms with E-state index < -0.39 is 5.97 Å². The normalized spacial score (nSPS) is 15.0. The number of carbonyl (C=O) groups excluding carboxylic acids is 1. The summed E-state index contributed by atoms with van der Waals surface area (Å²) in [5, 5.41) is 13.6. The van der Waals surface area contributed by atoms with Crippen molar-refractivity contribution in [3.8, 4) is 0 Å². The molecule has 0 saturated carbocycles. The number of hydrogen-bond acceptors (Lipinski definition) is 6. The first-order chi connectivity index (χ1) is 12.1. The number of esters is 1. The monoisotopic (exact) mass is 387 g/mol. The van der Waals surface area contributed by atoms with E-state index in [0.29, 0.717) is 24.8 Å². The first-order valence-corrected chi connectivity index (χ1v) is 8.47. The molecule has 2 aromatic rings. The summed E-state index contributed by atoms with van der Waals surface area (Å²) in [5.41, 5.74) is 2.60. The van der Waals surface area contributed by atoms with Crippen molar-refractivity contribution in [2.45, 2.75) is 24.9 Å². The maximum Gasteiger partial charge on any atom is 0.358 e. The van der Waals surface area contributed by atoms with Crippen LogP contribution in [0.1, 0.15) is 40.0 Å². The molecule has 0 aliphatic carbocycles. The molecular weight excluding hydrogens is 369 g/mol. The van der Waals surface area contributed by atoms with Crippen molar-refractivity contribution >= 4 is 35.4 Å². The Morgan fingerprint density at radius 2 is 2.24 bits per heavy atom. The van der Waals surface area contributed by atoms with E-state index in [0.717, 1.165) is 11.4 Å². The number of aromatic nitrogens is 4. The van der Waals surface area contributed by atoms with Crippen LogP contribution in [0.4, 0.5) is 0 Å². The Morgan fingerprint density at radius 3 is 2.84 bits per heavy atom. The summed E-state index contributed by atoms with van der Waals surface area (Å²) in [6.45, 7) is 2.60. The molecule has 0 aromatic carbocycles. The van der Waals surface area contributed by atoms with Gasteiger partial charge in [-0.1, -0.05) is 11.6 Å². The van der Waals surface area contributed by atoms with Crippen LogP contribution in [0.5, 0.6) is 0 Å². The molecule has 0 radical (unpaired) electrons. The molecule has 1 aliphatic rings. The third kappa shape index (κ3) is 5.22. The maximum atomic E-state index is 11.0. The Morgan fingerprint density at radius 1 is 1.44 bits per heavy atom. The fourth-order valence-corrected chi connectivity index (χ4v) is 2.38. The second-order valence-corrected chi connectivity index (χ2v) is 5.62. The molecule has 0 amide bonds. The first kappa shape index (κ1) is 19.3. The van der Waals surface area contributed by atoms with Crippen LogP contribution in [0.15, 0.2) is 18.3 Å². The van der Waals surface area contributed by atoms with Crippen molar-refractivity contribution in [3.05, 3.63) is 41.1 Å². The number of alkyl halides is 2. The molecule has 1 unspecified atom stereocenters. The van der Waals surface area contributed by atoms with E-state index in [1.165, 1.54) is 0 Å². The Labute approximate surface area is 155 Å². The Balaban J connectivity index is 0.000000181. The minimum Gasteiger partial charge on any atom is -0.461 e. The number of halogens is 2. The van der Waals surface area contributed by atoms with Gasteiger partial charge in [0.2, 0.25) is 0 Å². The van der Waals surface area contributed by atoms with Crippen LogP contribution in [-0.2, 0) is 22.0 Å².